The molecule has 0 amide bonds. The topological polar surface area (TPSA) is 47.3 Å². The van der Waals surface area contributed by atoms with Gasteiger partial charge in [-0.2, -0.15) is 0 Å². The van der Waals surface area contributed by atoms with E-state index in [2.05, 4.69) is 10.3 Å². The summed E-state index contributed by atoms with van der Waals surface area (Å²) in [6.07, 6.45) is 10.5. The van der Waals surface area contributed by atoms with Crippen molar-refractivity contribution in [2.75, 3.05) is 26.8 Å². The fourth-order valence-corrected chi connectivity index (χ4v) is 2.72. The van der Waals surface area contributed by atoms with Crippen LogP contribution < -0.4 is 5.32 Å². The molecular formula is C15H26N2O2. The Labute approximate surface area is 115 Å². The van der Waals surface area contributed by atoms with Crippen LogP contribution in [0.1, 0.15) is 43.8 Å². The molecule has 0 saturated heterocycles. The molecule has 108 valence electrons. The number of hydrogen-bond acceptors (Lipinski definition) is 4. The SMILES string of the molecule is COCCNCCCc1ncc(CC2CCCC2)o1. The highest BCUT2D eigenvalue weighted by Gasteiger charge is 2.17. The molecule has 1 aliphatic rings. The molecule has 1 aliphatic carbocycles. The largest absolute Gasteiger partial charge is 0.446 e. The maximum Gasteiger partial charge on any atom is 0.194 e. The summed E-state index contributed by atoms with van der Waals surface area (Å²) in [4.78, 5) is 4.37. The fourth-order valence-electron chi connectivity index (χ4n) is 2.72. The molecule has 1 aromatic rings. The van der Waals surface area contributed by atoms with Crippen LogP contribution >= 0.6 is 0 Å². The maximum absolute atomic E-state index is 5.81. The average molecular weight is 266 g/mol. The van der Waals surface area contributed by atoms with Crippen LogP contribution in [0.15, 0.2) is 10.6 Å². The quantitative estimate of drug-likeness (QED) is 0.698. The zero-order valence-corrected chi connectivity index (χ0v) is 12.0. The zero-order valence-electron chi connectivity index (χ0n) is 12.0. The van der Waals surface area contributed by atoms with Crippen molar-refractivity contribution < 1.29 is 9.15 Å². The number of nitrogens with one attached hydrogen (secondary N) is 1. The molecule has 1 saturated carbocycles. The summed E-state index contributed by atoms with van der Waals surface area (Å²) in [5, 5.41) is 3.33. The number of ether oxygens (including phenoxy) is 1. The van der Waals surface area contributed by atoms with E-state index in [-0.39, 0.29) is 0 Å². The number of oxazole rings is 1. The van der Waals surface area contributed by atoms with E-state index in [1.54, 1.807) is 7.11 Å². The first kappa shape index (κ1) is 14.5. The van der Waals surface area contributed by atoms with E-state index in [0.29, 0.717) is 0 Å². The molecule has 0 bridgehead atoms. The molecule has 0 aliphatic heterocycles. The highest BCUT2D eigenvalue weighted by molar-refractivity contribution is 4.96. The minimum Gasteiger partial charge on any atom is -0.446 e. The predicted octanol–water partition coefficient (Wildman–Crippen LogP) is 2.58. The number of rotatable bonds is 9. The Morgan fingerprint density at radius 2 is 2.21 bits per heavy atom. The van der Waals surface area contributed by atoms with Gasteiger partial charge in [0.1, 0.15) is 5.76 Å². The first-order valence-electron chi connectivity index (χ1n) is 7.51. The lowest BCUT2D eigenvalue weighted by Crippen LogP contribution is -2.20. The van der Waals surface area contributed by atoms with E-state index in [0.717, 1.165) is 56.5 Å². The van der Waals surface area contributed by atoms with Gasteiger partial charge in [0, 0.05) is 26.5 Å². The van der Waals surface area contributed by atoms with Gasteiger partial charge in [-0.05, 0) is 18.9 Å². The lowest BCUT2D eigenvalue weighted by molar-refractivity contribution is 0.199. The van der Waals surface area contributed by atoms with Gasteiger partial charge in [-0.15, -0.1) is 0 Å². The van der Waals surface area contributed by atoms with Crippen molar-refractivity contribution in [3.05, 3.63) is 17.8 Å². The van der Waals surface area contributed by atoms with Gasteiger partial charge in [0.2, 0.25) is 0 Å². The molecular weight excluding hydrogens is 240 g/mol. The maximum atomic E-state index is 5.81. The highest BCUT2D eigenvalue weighted by atomic mass is 16.5. The summed E-state index contributed by atoms with van der Waals surface area (Å²) >= 11 is 0. The minimum atomic E-state index is 0.768. The van der Waals surface area contributed by atoms with E-state index in [1.165, 1.54) is 25.7 Å². The Balaban J connectivity index is 1.60. The summed E-state index contributed by atoms with van der Waals surface area (Å²) < 4.78 is 10.8. The molecule has 0 aromatic carbocycles. The van der Waals surface area contributed by atoms with Crippen molar-refractivity contribution in [1.82, 2.24) is 10.3 Å². The van der Waals surface area contributed by atoms with Gasteiger partial charge in [-0.25, -0.2) is 4.98 Å². The molecule has 1 N–H and O–H groups in total. The Bertz CT molecular complexity index is 346. The van der Waals surface area contributed by atoms with Crippen LogP contribution in [0.25, 0.3) is 0 Å². The van der Waals surface area contributed by atoms with Gasteiger partial charge in [0.25, 0.3) is 0 Å². The van der Waals surface area contributed by atoms with Crippen molar-refractivity contribution in [3.8, 4) is 0 Å². The second-order valence-electron chi connectivity index (χ2n) is 5.42. The molecule has 4 heteroatoms. The number of methoxy groups -OCH3 is 1. The standard InChI is InChI=1S/C15H26N2O2/c1-18-10-9-16-8-4-7-15-17-12-14(19-15)11-13-5-2-3-6-13/h12-13,16H,2-11H2,1H3. The summed E-state index contributed by atoms with van der Waals surface area (Å²) in [5.41, 5.74) is 0. The molecule has 4 nitrogen and oxygen atoms in total. The smallest absolute Gasteiger partial charge is 0.194 e. The van der Waals surface area contributed by atoms with Crippen LogP contribution in [-0.2, 0) is 17.6 Å². The molecule has 1 heterocycles. The molecule has 19 heavy (non-hydrogen) atoms. The third-order valence-corrected chi connectivity index (χ3v) is 3.79. The number of aryl methyl sites for hydroxylation is 1. The van der Waals surface area contributed by atoms with E-state index in [4.69, 9.17) is 9.15 Å². The van der Waals surface area contributed by atoms with Gasteiger partial charge in [-0.1, -0.05) is 25.7 Å². The molecule has 2 rings (SSSR count). The molecule has 1 fully saturated rings. The van der Waals surface area contributed by atoms with Crippen LogP contribution in [0.5, 0.6) is 0 Å². The Kier molecular flexibility index (Phi) is 6.37. The normalized spacial score (nSPS) is 16.3. The lowest BCUT2D eigenvalue weighted by Gasteiger charge is -2.04. The van der Waals surface area contributed by atoms with Crippen molar-refractivity contribution in [2.45, 2.75) is 44.9 Å². The molecule has 0 atom stereocenters. The fraction of sp³-hybridized carbons (Fsp3) is 0.800. The number of hydrogen-bond donors (Lipinski definition) is 1. The van der Waals surface area contributed by atoms with Crippen molar-refractivity contribution in [3.63, 3.8) is 0 Å². The zero-order chi connectivity index (χ0) is 13.3. The Morgan fingerprint density at radius 3 is 3.00 bits per heavy atom. The van der Waals surface area contributed by atoms with Gasteiger partial charge in [-0.3, -0.25) is 0 Å². The minimum absolute atomic E-state index is 0.768. The highest BCUT2D eigenvalue weighted by Crippen LogP contribution is 2.28. The average Bonchev–Trinajstić information content (AvgIpc) is 3.06. The molecule has 0 unspecified atom stereocenters. The van der Waals surface area contributed by atoms with Crippen LogP contribution in [0.2, 0.25) is 0 Å². The van der Waals surface area contributed by atoms with Gasteiger partial charge in [0.15, 0.2) is 5.89 Å². The summed E-state index contributed by atoms with van der Waals surface area (Å²) in [6.45, 7) is 2.67. The van der Waals surface area contributed by atoms with Gasteiger partial charge in [0.05, 0.1) is 12.8 Å². The summed E-state index contributed by atoms with van der Waals surface area (Å²) in [7, 11) is 1.72. The monoisotopic (exact) mass is 266 g/mol. The second kappa shape index (κ2) is 8.33. The molecule has 0 radical (unpaired) electrons. The van der Waals surface area contributed by atoms with E-state index in [9.17, 15) is 0 Å². The van der Waals surface area contributed by atoms with Crippen LogP contribution in [0.4, 0.5) is 0 Å². The molecule has 1 aromatic heterocycles. The second-order valence-corrected chi connectivity index (χ2v) is 5.42. The Hall–Kier alpha value is -0.870. The van der Waals surface area contributed by atoms with E-state index < -0.39 is 0 Å². The number of aromatic nitrogens is 1. The first-order valence-corrected chi connectivity index (χ1v) is 7.51. The molecule has 0 spiro atoms. The van der Waals surface area contributed by atoms with Gasteiger partial charge >= 0.3 is 0 Å². The number of nitrogens with zero attached hydrogens (tertiary/aromatic N) is 1. The first-order chi connectivity index (χ1) is 9.38. The van der Waals surface area contributed by atoms with Crippen LogP contribution in [-0.4, -0.2) is 31.8 Å². The lowest BCUT2D eigenvalue weighted by atomic mass is 10.0. The third-order valence-electron chi connectivity index (χ3n) is 3.79. The summed E-state index contributed by atoms with van der Waals surface area (Å²) in [6, 6.07) is 0. The van der Waals surface area contributed by atoms with E-state index >= 15 is 0 Å². The summed E-state index contributed by atoms with van der Waals surface area (Å²) in [5.74, 6) is 2.80. The van der Waals surface area contributed by atoms with E-state index in [1.807, 2.05) is 6.20 Å². The predicted molar refractivity (Wildman–Crippen MR) is 75.2 cm³/mol. The van der Waals surface area contributed by atoms with Crippen molar-refractivity contribution in [1.29, 1.82) is 0 Å². The van der Waals surface area contributed by atoms with Crippen molar-refractivity contribution >= 4 is 0 Å². The van der Waals surface area contributed by atoms with Crippen LogP contribution in [0.3, 0.4) is 0 Å². The van der Waals surface area contributed by atoms with Crippen molar-refractivity contribution in [2.24, 2.45) is 5.92 Å². The third kappa shape index (κ3) is 5.33. The van der Waals surface area contributed by atoms with Gasteiger partial charge < -0.3 is 14.5 Å². The van der Waals surface area contributed by atoms with Crippen LogP contribution in [0, 0.1) is 5.92 Å². The Morgan fingerprint density at radius 1 is 1.37 bits per heavy atom.